The summed E-state index contributed by atoms with van der Waals surface area (Å²) in [4.78, 5) is 24.0. The van der Waals surface area contributed by atoms with Gasteiger partial charge in [0, 0.05) is 16.3 Å². The minimum atomic E-state index is -0.346. The average molecular weight is 477 g/mol. The number of carbonyl (C=O) groups is 2. The van der Waals surface area contributed by atoms with Crippen molar-refractivity contribution in [3.8, 4) is 5.75 Å². The molecule has 2 N–H and O–H groups in total. The van der Waals surface area contributed by atoms with E-state index in [9.17, 15) is 9.59 Å². The Morgan fingerprint density at radius 3 is 2.29 bits per heavy atom. The molecular weight excluding hydrogens is 461 g/mol. The molecule has 0 unspecified atom stereocenters. The Morgan fingerprint density at radius 1 is 0.903 bits per heavy atom. The molecule has 3 rings (SSSR count). The second-order valence-corrected chi connectivity index (χ2v) is 7.49. The largest absolute Gasteiger partial charge is 0.484 e. The second-order valence-electron chi connectivity index (χ2n) is 6.24. The molecule has 0 spiro atoms. The molecule has 3 aromatic carbocycles. The van der Waals surface area contributed by atoms with Crippen LogP contribution in [0.3, 0.4) is 0 Å². The molecule has 6 nitrogen and oxygen atoms in total. The van der Waals surface area contributed by atoms with E-state index in [-0.39, 0.29) is 18.4 Å². The van der Waals surface area contributed by atoms with Gasteiger partial charge in [0.2, 0.25) is 0 Å². The molecule has 0 saturated carbocycles. The third-order valence-corrected chi connectivity index (χ3v) is 4.93. The molecule has 3 aromatic rings. The van der Waals surface area contributed by atoms with E-state index in [0.717, 1.165) is 5.56 Å². The predicted molar refractivity (Wildman–Crippen MR) is 124 cm³/mol. The lowest BCUT2D eigenvalue weighted by Gasteiger charge is -2.08. The van der Waals surface area contributed by atoms with Crippen LogP contribution in [-0.2, 0) is 4.79 Å². The first-order valence-corrected chi connectivity index (χ1v) is 10.1. The van der Waals surface area contributed by atoms with E-state index in [1.54, 1.807) is 66.7 Å². The summed E-state index contributed by atoms with van der Waals surface area (Å²) >= 11 is 17.6. The fourth-order valence-corrected chi connectivity index (χ4v) is 2.83. The molecule has 0 bridgehead atoms. The van der Waals surface area contributed by atoms with E-state index in [1.165, 1.54) is 6.21 Å². The summed E-state index contributed by atoms with van der Waals surface area (Å²) in [5.74, 6) is -0.179. The van der Waals surface area contributed by atoms with Gasteiger partial charge in [-0.15, -0.1) is 0 Å². The molecule has 0 fully saturated rings. The number of hydrogen-bond donors (Lipinski definition) is 2. The molecule has 0 aromatic heterocycles. The highest BCUT2D eigenvalue weighted by molar-refractivity contribution is 6.42. The van der Waals surface area contributed by atoms with Gasteiger partial charge in [-0.05, 0) is 72.3 Å². The number of carbonyl (C=O) groups excluding carboxylic acids is 2. The molecule has 158 valence electrons. The quantitative estimate of drug-likeness (QED) is 0.352. The highest BCUT2D eigenvalue weighted by Gasteiger charge is 2.06. The van der Waals surface area contributed by atoms with Crippen LogP contribution in [-0.4, -0.2) is 24.6 Å². The fraction of sp³-hybridized carbons (Fsp3) is 0.0455. The van der Waals surface area contributed by atoms with Crippen molar-refractivity contribution >= 4 is 58.5 Å². The molecule has 0 aliphatic rings. The van der Waals surface area contributed by atoms with Gasteiger partial charge in [-0.25, -0.2) is 5.43 Å². The summed E-state index contributed by atoms with van der Waals surface area (Å²) in [5.41, 5.74) is 4.15. The van der Waals surface area contributed by atoms with E-state index in [2.05, 4.69) is 15.8 Å². The van der Waals surface area contributed by atoms with Gasteiger partial charge >= 0.3 is 0 Å². The van der Waals surface area contributed by atoms with Crippen LogP contribution >= 0.6 is 34.8 Å². The Kier molecular flexibility index (Phi) is 7.89. The van der Waals surface area contributed by atoms with Gasteiger partial charge in [-0.2, -0.15) is 5.10 Å². The minimum absolute atomic E-state index is 0.176. The highest BCUT2D eigenvalue weighted by atomic mass is 35.5. The van der Waals surface area contributed by atoms with Crippen molar-refractivity contribution < 1.29 is 14.3 Å². The maximum atomic E-state index is 12.0. The predicted octanol–water partition coefficient (Wildman–Crippen LogP) is 5.43. The van der Waals surface area contributed by atoms with Gasteiger partial charge in [-0.3, -0.25) is 9.59 Å². The van der Waals surface area contributed by atoms with Crippen LogP contribution < -0.4 is 15.5 Å². The number of halogens is 3. The topological polar surface area (TPSA) is 79.8 Å². The molecule has 0 aliphatic carbocycles. The lowest BCUT2D eigenvalue weighted by atomic mass is 10.2. The van der Waals surface area contributed by atoms with Crippen molar-refractivity contribution in [2.75, 3.05) is 11.9 Å². The zero-order valence-electron chi connectivity index (χ0n) is 15.9. The number of benzene rings is 3. The Hall–Kier alpha value is -3.06. The third-order valence-electron chi connectivity index (χ3n) is 3.94. The third kappa shape index (κ3) is 7.00. The van der Waals surface area contributed by atoms with Crippen LogP contribution in [0.5, 0.6) is 5.75 Å². The van der Waals surface area contributed by atoms with Gasteiger partial charge in [0.25, 0.3) is 11.8 Å². The van der Waals surface area contributed by atoms with Gasteiger partial charge < -0.3 is 10.1 Å². The molecule has 0 aliphatic heterocycles. The number of hydrogen-bond acceptors (Lipinski definition) is 4. The lowest BCUT2D eigenvalue weighted by Crippen LogP contribution is -2.20. The Labute approximate surface area is 193 Å². The fourth-order valence-electron chi connectivity index (χ4n) is 2.40. The summed E-state index contributed by atoms with van der Waals surface area (Å²) in [6.45, 7) is -0.176. The number of nitrogens with one attached hydrogen (secondary N) is 2. The van der Waals surface area contributed by atoms with E-state index in [1.807, 2.05) is 0 Å². The van der Waals surface area contributed by atoms with E-state index in [4.69, 9.17) is 39.5 Å². The van der Waals surface area contributed by atoms with Gasteiger partial charge in [-0.1, -0.05) is 34.8 Å². The Bertz CT molecular complexity index is 1100. The number of anilines is 1. The van der Waals surface area contributed by atoms with E-state index >= 15 is 0 Å². The molecule has 0 atom stereocenters. The molecule has 0 saturated heterocycles. The van der Waals surface area contributed by atoms with Crippen LogP contribution in [0.2, 0.25) is 15.1 Å². The van der Waals surface area contributed by atoms with Crippen molar-refractivity contribution in [1.29, 1.82) is 0 Å². The van der Waals surface area contributed by atoms with Crippen LogP contribution in [0.4, 0.5) is 5.69 Å². The SMILES string of the molecule is O=C(COc1ccc(/C=N\NC(=O)c2ccc(Cl)cc2)cc1)Nc1ccc(Cl)c(Cl)c1. The van der Waals surface area contributed by atoms with Crippen LogP contribution in [0.1, 0.15) is 15.9 Å². The summed E-state index contributed by atoms with van der Waals surface area (Å²) in [6, 6.07) is 18.1. The zero-order valence-corrected chi connectivity index (χ0v) is 18.2. The van der Waals surface area contributed by atoms with E-state index < -0.39 is 0 Å². The smallest absolute Gasteiger partial charge is 0.271 e. The molecule has 0 heterocycles. The van der Waals surface area contributed by atoms with Crippen molar-refractivity contribution in [3.05, 3.63) is 92.9 Å². The van der Waals surface area contributed by atoms with Crippen molar-refractivity contribution in [2.24, 2.45) is 5.10 Å². The van der Waals surface area contributed by atoms with Crippen LogP contribution in [0, 0.1) is 0 Å². The van der Waals surface area contributed by atoms with Crippen LogP contribution in [0.15, 0.2) is 71.8 Å². The van der Waals surface area contributed by atoms with Crippen molar-refractivity contribution in [2.45, 2.75) is 0 Å². The number of nitrogens with zero attached hydrogens (tertiary/aromatic N) is 1. The van der Waals surface area contributed by atoms with Crippen molar-refractivity contribution in [1.82, 2.24) is 5.43 Å². The van der Waals surface area contributed by atoms with E-state index in [0.29, 0.717) is 32.1 Å². The second kappa shape index (κ2) is 10.8. The summed E-state index contributed by atoms with van der Waals surface area (Å²) in [7, 11) is 0. The van der Waals surface area contributed by atoms with Gasteiger partial charge in [0.15, 0.2) is 6.61 Å². The first-order valence-electron chi connectivity index (χ1n) is 8.97. The summed E-state index contributed by atoms with van der Waals surface area (Å²) in [5, 5.41) is 7.90. The summed E-state index contributed by atoms with van der Waals surface area (Å²) in [6.07, 6.45) is 1.49. The molecule has 9 heteroatoms. The summed E-state index contributed by atoms with van der Waals surface area (Å²) < 4.78 is 5.46. The number of hydrazone groups is 1. The van der Waals surface area contributed by atoms with Gasteiger partial charge in [0.05, 0.1) is 16.3 Å². The maximum absolute atomic E-state index is 12.0. The highest BCUT2D eigenvalue weighted by Crippen LogP contribution is 2.25. The Morgan fingerprint density at radius 2 is 1.61 bits per heavy atom. The Balaban J connectivity index is 1.46. The lowest BCUT2D eigenvalue weighted by molar-refractivity contribution is -0.118. The standard InChI is InChI=1S/C22H16Cl3N3O3/c23-16-5-3-15(4-6-16)22(30)28-26-12-14-1-8-18(9-2-14)31-13-21(29)27-17-7-10-19(24)20(25)11-17/h1-12H,13H2,(H,27,29)(H,28,30)/b26-12-. The zero-order chi connectivity index (χ0) is 22.2. The molecular formula is C22H16Cl3N3O3. The molecule has 31 heavy (non-hydrogen) atoms. The first-order chi connectivity index (χ1) is 14.9. The maximum Gasteiger partial charge on any atom is 0.271 e. The molecule has 0 radical (unpaired) electrons. The number of rotatable bonds is 7. The molecule has 2 amide bonds. The van der Waals surface area contributed by atoms with Gasteiger partial charge in [0.1, 0.15) is 5.75 Å². The van der Waals surface area contributed by atoms with Crippen molar-refractivity contribution in [3.63, 3.8) is 0 Å². The van der Waals surface area contributed by atoms with Crippen LogP contribution in [0.25, 0.3) is 0 Å². The normalized spacial score (nSPS) is 10.7. The minimum Gasteiger partial charge on any atom is -0.484 e. The number of ether oxygens (including phenoxy) is 1. The first kappa shape index (κ1) is 22.6. The average Bonchev–Trinajstić information content (AvgIpc) is 2.76. The monoisotopic (exact) mass is 475 g/mol. The number of amides is 2.